The van der Waals surface area contributed by atoms with E-state index in [1.54, 1.807) is 210 Å². The molecule has 624 valence electrons. The van der Waals surface area contributed by atoms with E-state index >= 15 is 0 Å². The fraction of sp³-hybridized carbons (Fsp3) is 0.196. The van der Waals surface area contributed by atoms with Crippen LogP contribution in [0, 0.1) is 25.6 Å². The van der Waals surface area contributed by atoms with Crippen LogP contribution in [0.5, 0.6) is 5.75 Å². The molecule has 4 atom stereocenters. The predicted octanol–water partition coefficient (Wildman–Crippen LogP) is 19.8. The molecule has 24 heteroatoms. The molecular weight excluding hydrogens is 1600 g/mol. The predicted molar refractivity (Wildman–Crippen MR) is 469 cm³/mol. The molecule has 0 saturated carbocycles. The van der Waals surface area contributed by atoms with Crippen LogP contribution in [0.1, 0.15) is 184 Å². The van der Waals surface area contributed by atoms with Gasteiger partial charge in [0.05, 0.1) is 60.2 Å². The molecule has 0 aliphatic heterocycles. The molecule has 0 fully saturated rings. The number of methoxy groups -OCH3 is 1. The molecule has 4 unspecified atom stereocenters. The Morgan fingerprint density at radius 2 is 1.08 bits per heavy atom. The van der Waals surface area contributed by atoms with Crippen molar-refractivity contribution < 1.29 is 92.3 Å². The lowest BCUT2D eigenvalue weighted by Gasteiger charge is -2.09. The molecule has 9 aromatic carbocycles. The van der Waals surface area contributed by atoms with E-state index < -0.39 is 64.7 Å². The second kappa shape index (κ2) is 43.5. The fourth-order valence-corrected chi connectivity index (χ4v) is 14.6. The van der Waals surface area contributed by atoms with Gasteiger partial charge in [-0.1, -0.05) is 164 Å². The van der Waals surface area contributed by atoms with Gasteiger partial charge in [-0.15, -0.1) is 11.3 Å². The van der Waals surface area contributed by atoms with Crippen LogP contribution in [0.15, 0.2) is 253 Å². The van der Waals surface area contributed by atoms with E-state index in [0.29, 0.717) is 105 Å². The summed E-state index contributed by atoms with van der Waals surface area (Å²) in [4.78, 5) is 117. The van der Waals surface area contributed by atoms with Crippen LogP contribution in [-0.2, 0) is 66.3 Å². The molecule has 20 nitrogen and oxygen atoms in total. The van der Waals surface area contributed by atoms with Gasteiger partial charge in [-0.3, -0.25) is 52.5 Å². The van der Waals surface area contributed by atoms with Crippen molar-refractivity contribution in [1.82, 2.24) is 9.13 Å². The second-order valence-corrected chi connectivity index (χ2v) is 31.8. The van der Waals surface area contributed by atoms with E-state index in [0.717, 1.165) is 44.7 Å². The zero-order chi connectivity index (χ0) is 88.6. The summed E-state index contributed by atoms with van der Waals surface area (Å²) in [6.45, 7) is 14.8. The summed E-state index contributed by atoms with van der Waals surface area (Å²) >= 11 is 6.09. The van der Waals surface area contributed by atoms with E-state index in [1.165, 1.54) is 33.6 Å². The van der Waals surface area contributed by atoms with Gasteiger partial charge in [-0.05, 0) is 236 Å². The highest BCUT2D eigenvalue weighted by atomic mass is 35.5. The highest BCUT2D eigenvalue weighted by molar-refractivity contribution is 7.90. The van der Waals surface area contributed by atoms with Gasteiger partial charge < -0.3 is 44.5 Å². The van der Waals surface area contributed by atoms with Gasteiger partial charge in [-0.2, -0.15) is 0 Å². The minimum atomic E-state index is -1.04. The number of aryl methyl sites for hydroxylation is 1. The molecule has 121 heavy (non-hydrogen) atoms. The van der Waals surface area contributed by atoms with Crippen molar-refractivity contribution in [2.24, 2.45) is 13.0 Å². The quantitative estimate of drug-likeness (QED) is 0.0242. The molecule has 0 bridgehead atoms. The van der Waals surface area contributed by atoms with E-state index in [1.807, 2.05) is 92.7 Å². The number of aromatic nitrogens is 2. The van der Waals surface area contributed by atoms with E-state index in [-0.39, 0.29) is 48.3 Å². The monoisotopic (exact) mass is 1690 g/mol. The molecular formula is C97H92ClFN2O18S2. The first-order chi connectivity index (χ1) is 57.5. The first kappa shape index (κ1) is 93.3. The van der Waals surface area contributed by atoms with Gasteiger partial charge in [0.15, 0.2) is 10.7 Å². The number of carbonyl (C=O) groups excluding carboxylic acids is 4. The molecule has 13 rings (SSSR count). The number of ether oxygens (including phenoxy) is 1. The lowest BCUT2D eigenvalue weighted by molar-refractivity contribution is -0.139. The molecule has 1 aliphatic rings. The van der Waals surface area contributed by atoms with Gasteiger partial charge in [0.1, 0.15) is 17.8 Å². The Bertz CT molecular complexity index is 5810. The number of thiophene rings is 1. The average molecular weight is 1690 g/mol. The van der Waals surface area contributed by atoms with E-state index in [9.17, 15) is 62.0 Å². The highest BCUT2D eigenvalue weighted by Crippen LogP contribution is 2.44. The number of allylic oxidation sites excluding steroid dienone is 2. The maximum Gasteiger partial charge on any atom is 0.311 e. The summed E-state index contributed by atoms with van der Waals surface area (Å²) in [6.07, 6.45) is 4.22. The second-order valence-electron chi connectivity index (χ2n) is 28.9. The molecule has 0 radical (unpaired) electrons. The molecule has 1 aliphatic carbocycles. The Morgan fingerprint density at radius 1 is 0.529 bits per heavy atom. The molecule has 12 aromatic rings. The molecule has 6 N–H and O–H groups in total. The van der Waals surface area contributed by atoms with E-state index in [2.05, 4.69) is 13.8 Å². The molecule has 0 amide bonds. The topological polar surface area (TPSA) is 334 Å². The van der Waals surface area contributed by atoms with Crippen LogP contribution >= 0.6 is 22.9 Å². The number of carboxylic acid groups (broad SMARTS) is 6. The van der Waals surface area contributed by atoms with Crippen molar-refractivity contribution >= 4 is 121 Å². The Hall–Kier alpha value is -13.2. The Morgan fingerprint density at radius 3 is 1.64 bits per heavy atom. The Balaban J connectivity index is 0.000000182. The third-order valence-corrected chi connectivity index (χ3v) is 22.3. The average Bonchev–Trinajstić information content (AvgIpc) is 1.61. The van der Waals surface area contributed by atoms with Crippen LogP contribution in [0.3, 0.4) is 0 Å². The van der Waals surface area contributed by atoms with Gasteiger partial charge in [0.25, 0.3) is 5.91 Å². The number of nitrogens with zero attached hydrogens (tertiary/aromatic N) is 2. The van der Waals surface area contributed by atoms with Gasteiger partial charge in [0, 0.05) is 61.5 Å². The van der Waals surface area contributed by atoms with Crippen molar-refractivity contribution in [3.05, 3.63) is 358 Å². The van der Waals surface area contributed by atoms with Crippen molar-refractivity contribution in [3.8, 4) is 5.75 Å². The maximum atomic E-state index is 13.7. The molecule has 3 heterocycles. The summed E-state index contributed by atoms with van der Waals surface area (Å²) < 4.78 is 33.6. The Labute approximate surface area is 712 Å². The van der Waals surface area contributed by atoms with Crippen LogP contribution in [0.25, 0.3) is 28.1 Å². The van der Waals surface area contributed by atoms with Crippen LogP contribution in [0.2, 0.25) is 5.02 Å². The number of carbonyl (C=O) groups is 10. The van der Waals surface area contributed by atoms with Crippen LogP contribution in [-0.4, -0.2) is 117 Å². The lowest BCUT2D eigenvalue weighted by atomic mass is 9.96. The third kappa shape index (κ3) is 25.4. The SMILES string of the molecule is CC(C(=O)O)c1ccc(C(=O)c2ccccc2)s1.CC(C(=O)O)c1cccc(C(=O)c2ccccc2)c1.CC(C)Cc1ccc(C(C)C(=O)O)cc1.CC1=C(CC(=O)O)c2cc(F)ccc2/C1=C\c1ccc([S+](C)[O-])cc1.COc1ccc2c(c1)c(CC(=O)O)c(C)n2C(=O)c1ccc(Cl)cc1.Cc1ccc(C(=O)c2ccc(CC(=O)O)n2C)cc1. The zero-order valence-corrected chi connectivity index (χ0v) is 70.7. The zero-order valence-electron chi connectivity index (χ0n) is 68.4. The number of fused-ring (bicyclic) bond motifs is 2. The van der Waals surface area contributed by atoms with Crippen molar-refractivity contribution in [3.63, 3.8) is 0 Å². The third-order valence-electron chi connectivity index (χ3n) is 19.8. The highest BCUT2D eigenvalue weighted by Gasteiger charge is 2.28. The number of rotatable bonds is 24. The Kier molecular flexibility index (Phi) is 33.5. The van der Waals surface area contributed by atoms with Crippen LogP contribution in [0.4, 0.5) is 4.39 Å². The largest absolute Gasteiger partial charge is 0.612 e. The van der Waals surface area contributed by atoms with Crippen molar-refractivity contribution in [2.45, 2.75) is 104 Å². The number of carboxylic acids is 6. The maximum absolute atomic E-state index is 13.7. The fourth-order valence-electron chi connectivity index (χ4n) is 12.9. The number of hydrogen-bond acceptors (Lipinski definition) is 13. The van der Waals surface area contributed by atoms with Crippen molar-refractivity contribution in [1.29, 1.82) is 0 Å². The summed E-state index contributed by atoms with van der Waals surface area (Å²) in [5.74, 6) is -6.61. The van der Waals surface area contributed by atoms with E-state index in [4.69, 9.17) is 41.9 Å². The number of aliphatic carboxylic acids is 6. The summed E-state index contributed by atoms with van der Waals surface area (Å²) in [5.41, 5.74) is 14.4. The number of ketones is 3. The minimum Gasteiger partial charge on any atom is -0.612 e. The number of benzene rings is 9. The molecule has 0 saturated heterocycles. The first-order valence-corrected chi connectivity index (χ1v) is 40.9. The minimum absolute atomic E-state index is 0.0653. The number of halogens is 2. The van der Waals surface area contributed by atoms with Crippen molar-refractivity contribution in [2.75, 3.05) is 13.4 Å². The summed E-state index contributed by atoms with van der Waals surface area (Å²) in [6, 6.07) is 70.3. The normalized spacial score (nSPS) is 12.5. The van der Waals surface area contributed by atoms with Gasteiger partial charge >= 0.3 is 35.8 Å². The molecule has 0 spiro atoms. The van der Waals surface area contributed by atoms with Crippen LogP contribution < -0.4 is 4.74 Å². The smallest absolute Gasteiger partial charge is 0.311 e. The standard InChI is InChI=1S/C20H17FO3S.C19H16ClNO4.C16H14O3.C15H15NO3.C14H12O3S.C13H18O2/c1-12-17(9-13-3-6-15(7-4-13)25(2)24)16-8-5-14(21)10-19(16)18(12)11-20(22)23;1-11-15(10-18(22)23)16-9-14(25-2)7-8-17(16)21(11)19(24)12-3-5-13(20)6-4-12;1-11(16(18)19)13-8-5-9-14(10-13)15(17)12-6-3-2-4-7-12;1-10-3-5-11(6-4-10)15(19)13-8-7-12(16(13)2)9-14(17)18;1-9(14(16)17)11-7-8-12(18-11)13(15)10-5-3-2-4-6-10;1-9(2)8-11-4-6-12(7-5-11)10(3)13(14)15/h3-10H,11H2,1-2H3,(H,22,23);3-9H,10H2,1-2H3,(H,22,23);2-11H,1H3,(H,18,19);3-8H,9H2,1-2H3,(H,17,18);2-9H,1H3,(H,16,17);4-7,9-10H,8H2,1-3H3,(H,14,15)/b17-9-;;;;;. The number of hydrogen-bond donors (Lipinski definition) is 6. The van der Waals surface area contributed by atoms with Gasteiger partial charge in [-0.25, -0.2) is 4.39 Å². The summed E-state index contributed by atoms with van der Waals surface area (Å²) in [7, 11) is 3.25. The molecule has 3 aromatic heterocycles. The summed E-state index contributed by atoms with van der Waals surface area (Å²) in [5, 5.41) is 55.2. The van der Waals surface area contributed by atoms with Gasteiger partial charge in [0.2, 0.25) is 11.6 Å². The lowest BCUT2D eigenvalue weighted by Crippen LogP contribution is -2.14. The first-order valence-electron chi connectivity index (χ1n) is 38.2.